The van der Waals surface area contributed by atoms with Gasteiger partial charge >= 0.3 is 0 Å². The van der Waals surface area contributed by atoms with Gasteiger partial charge < -0.3 is 10.5 Å². The van der Waals surface area contributed by atoms with Crippen LogP contribution >= 0.6 is 27.5 Å². The minimum absolute atomic E-state index is 0.332. The van der Waals surface area contributed by atoms with Crippen LogP contribution in [0.15, 0.2) is 35.1 Å². The van der Waals surface area contributed by atoms with Gasteiger partial charge in [-0.05, 0) is 40.2 Å². The molecule has 0 fully saturated rings. The van der Waals surface area contributed by atoms with Crippen LogP contribution in [0.1, 0.15) is 0 Å². The normalized spacial score (nSPS) is 10.1. The van der Waals surface area contributed by atoms with Crippen LogP contribution < -0.4 is 10.5 Å². The number of benzene rings is 1. The summed E-state index contributed by atoms with van der Waals surface area (Å²) in [6.07, 6.45) is 1.34. The number of nitrogen functional groups attached to an aromatic ring is 1. The molecule has 4 nitrogen and oxygen atoms in total. The number of rotatable bonds is 2. The fourth-order valence-corrected chi connectivity index (χ4v) is 1.46. The standard InChI is InChI=1S/C10H7BrClN3O/c11-8-9(13)14-5-15-10(8)16-7-3-1-6(12)2-4-7/h1-5H,(H2,13,14,15). The summed E-state index contributed by atoms with van der Waals surface area (Å²) >= 11 is 9.01. The number of hydrogen-bond acceptors (Lipinski definition) is 4. The van der Waals surface area contributed by atoms with Crippen LogP contribution in [-0.2, 0) is 0 Å². The molecule has 0 amide bonds. The van der Waals surface area contributed by atoms with Crippen LogP contribution in [0.5, 0.6) is 11.6 Å². The lowest BCUT2D eigenvalue weighted by Gasteiger charge is -2.06. The quantitative estimate of drug-likeness (QED) is 0.924. The Kier molecular flexibility index (Phi) is 3.26. The predicted octanol–water partition coefficient (Wildman–Crippen LogP) is 3.27. The second-order valence-corrected chi connectivity index (χ2v) is 4.16. The highest BCUT2D eigenvalue weighted by molar-refractivity contribution is 9.10. The van der Waals surface area contributed by atoms with Gasteiger partial charge in [-0.2, -0.15) is 0 Å². The molecule has 0 aliphatic heterocycles. The number of anilines is 1. The van der Waals surface area contributed by atoms with Crippen molar-refractivity contribution in [2.45, 2.75) is 0 Å². The van der Waals surface area contributed by atoms with Crippen LogP contribution in [0.2, 0.25) is 5.02 Å². The molecule has 16 heavy (non-hydrogen) atoms. The molecule has 1 aromatic heterocycles. The molecule has 0 spiro atoms. The molecular weight excluding hydrogens is 293 g/mol. The van der Waals surface area contributed by atoms with Gasteiger partial charge in [0.05, 0.1) is 0 Å². The van der Waals surface area contributed by atoms with Crippen LogP contribution in [0, 0.1) is 0 Å². The first-order chi connectivity index (χ1) is 7.66. The largest absolute Gasteiger partial charge is 0.438 e. The first-order valence-electron chi connectivity index (χ1n) is 4.36. The molecule has 0 bridgehead atoms. The number of nitrogens with two attached hydrogens (primary N) is 1. The second-order valence-electron chi connectivity index (χ2n) is 2.93. The zero-order valence-corrected chi connectivity index (χ0v) is 10.4. The Morgan fingerprint density at radius 2 is 1.88 bits per heavy atom. The third kappa shape index (κ3) is 2.43. The summed E-state index contributed by atoms with van der Waals surface area (Å²) in [6, 6.07) is 6.95. The number of aromatic nitrogens is 2. The maximum Gasteiger partial charge on any atom is 0.238 e. The zero-order valence-electron chi connectivity index (χ0n) is 8.02. The van der Waals surface area contributed by atoms with Gasteiger partial charge in [0.1, 0.15) is 22.4 Å². The lowest BCUT2D eigenvalue weighted by Crippen LogP contribution is -1.96. The van der Waals surface area contributed by atoms with Gasteiger partial charge in [0.25, 0.3) is 0 Å². The number of ether oxygens (including phenoxy) is 1. The van der Waals surface area contributed by atoms with Crippen LogP contribution in [0.3, 0.4) is 0 Å². The first-order valence-corrected chi connectivity index (χ1v) is 5.53. The minimum Gasteiger partial charge on any atom is -0.438 e. The Hall–Kier alpha value is -1.33. The first kappa shape index (κ1) is 11.2. The maximum atomic E-state index is 5.76. The van der Waals surface area contributed by atoms with Gasteiger partial charge in [0.15, 0.2) is 0 Å². The van der Waals surface area contributed by atoms with E-state index in [1.165, 1.54) is 6.33 Å². The summed E-state index contributed by atoms with van der Waals surface area (Å²) in [5, 5.41) is 0.647. The van der Waals surface area contributed by atoms with E-state index in [1.54, 1.807) is 24.3 Å². The average molecular weight is 301 g/mol. The third-order valence-electron chi connectivity index (χ3n) is 1.81. The molecule has 0 aliphatic carbocycles. The Bertz CT molecular complexity index is 504. The Labute approximate surface area is 106 Å². The molecule has 0 saturated heterocycles. The zero-order chi connectivity index (χ0) is 11.5. The van der Waals surface area contributed by atoms with Gasteiger partial charge in [-0.15, -0.1) is 0 Å². The van der Waals surface area contributed by atoms with Gasteiger partial charge in [0, 0.05) is 5.02 Å². The van der Waals surface area contributed by atoms with Gasteiger partial charge in [-0.25, -0.2) is 9.97 Å². The van der Waals surface area contributed by atoms with Crippen LogP contribution in [-0.4, -0.2) is 9.97 Å². The highest BCUT2D eigenvalue weighted by Gasteiger charge is 2.07. The molecule has 2 rings (SSSR count). The summed E-state index contributed by atoms with van der Waals surface area (Å²) in [7, 11) is 0. The monoisotopic (exact) mass is 299 g/mol. The van der Waals surface area contributed by atoms with Crippen molar-refractivity contribution in [3.63, 3.8) is 0 Å². The van der Waals surface area contributed by atoms with Gasteiger partial charge in [-0.1, -0.05) is 11.6 Å². The fraction of sp³-hybridized carbons (Fsp3) is 0. The van der Waals surface area contributed by atoms with E-state index in [1.807, 2.05) is 0 Å². The number of halogens is 2. The fourth-order valence-electron chi connectivity index (χ4n) is 1.05. The van der Waals surface area contributed by atoms with E-state index in [0.717, 1.165) is 0 Å². The van der Waals surface area contributed by atoms with Crippen molar-refractivity contribution in [3.8, 4) is 11.6 Å². The predicted molar refractivity (Wildman–Crippen MR) is 65.7 cm³/mol. The van der Waals surface area contributed by atoms with Crippen molar-refractivity contribution in [2.24, 2.45) is 0 Å². The van der Waals surface area contributed by atoms with Crippen molar-refractivity contribution >= 4 is 33.3 Å². The summed E-state index contributed by atoms with van der Waals surface area (Å²) in [5.41, 5.74) is 5.60. The molecule has 0 atom stereocenters. The van der Waals surface area contributed by atoms with E-state index in [2.05, 4.69) is 25.9 Å². The summed E-state index contributed by atoms with van der Waals surface area (Å²) in [5.74, 6) is 1.33. The lowest BCUT2D eigenvalue weighted by atomic mass is 10.3. The minimum atomic E-state index is 0.332. The van der Waals surface area contributed by atoms with Crippen LogP contribution in [0.25, 0.3) is 0 Å². The molecule has 1 aromatic carbocycles. The Balaban J connectivity index is 2.27. The van der Waals surface area contributed by atoms with Crippen molar-refractivity contribution in [3.05, 3.63) is 40.1 Å². The number of hydrogen-bond donors (Lipinski definition) is 1. The molecule has 0 aliphatic rings. The van der Waals surface area contributed by atoms with E-state index in [9.17, 15) is 0 Å². The highest BCUT2D eigenvalue weighted by atomic mass is 79.9. The molecule has 1 heterocycles. The third-order valence-corrected chi connectivity index (χ3v) is 2.81. The number of nitrogens with zero attached hydrogens (tertiary/aromatic N) is 2. The SMILES string of the molecule is Nc1ncnc(Oc2ccc(Cl)cc2)c1Br. The van der Waals surface area contributed by atoms with E-state index >= 15 is 0 Å². The van der Waals surface area contributed by atoms with Crippen molar-refractivity contribution in [1.82, 2.24) is 9.97 Å². The smallest absolute Gasteiger partial charge is 0.238 e. The summed E-state index contributed by atoms with van der Waals surface area (Å²) < 4.78 is 6.04. The van der Waals surface area contributed by atoms with E-state index in [4.69, 9.17) is 22.1 Å². The molecule has 0 saturated carbocycles. The molecule has 82 valence electrons. The Morgan fingerprint density at radius 3 is 2.56 bits per heavy atom. The highest BCUT2D eigenvalue weighted by Crippen LogP contribution is 2.30. The van der Waals surface area contributed by atoms with E-state index in [0.29, 0.717) is 26.9 Å². The molecule has 6 heteroatoms. The van der Waals surface area contributed by atoms with Crippen LogP contribution in [0.4, 0.5) is 5.82 Å². The molecule has 2 aromatic rings. The molecule has 0 unspecified atom stereocenters. The summed E-state index contributed by atoms with van der Waals surface area (Å²) in [4.78, 5) is 7.78. The topological polar surface area (TPSA) is 61.0 Å². The molecule has 0 radical (unpaired) electrons. The van der Waals surface area contributed by atoms with Crippen molar-refractivity contribution < 1.29 is 4.74 Å². The average Bonchev–Trinajstić information content (AvgIpc) is 2.28. The lowest BCUT2D eigenvalue weighted by molar-refractivity contribution is 0.458. The summed E-state index contributed by atoms with van der Waals surface area (Å²) in [6.45, 7) is 0. The van der Waals surface area contributed by atoms with Crippen molar-refractivity contribution in [2.75, 3.05) is 5.73 Å². The van der Waals surface area contributed by atoms with Gasteiger partial charge in [0.2, 0.25) is 5.88 Å². The second kappa shape index (κ2) is 4.67. The molecular formula is C10H7BrClN3O. The Morgan fingerprint density at radius 1 is 1.19 bits per heavy atom. The van der Waals surface area contributed by atoms with E-state index < -0.39 is 0 Å². The van der Waals surface area contributed by atoms with Crippen molar-refractivity contribution in [1.29, 1.82) is 0 Å². The molecule has 2 N–H and O–H groups in total. The maximum absolute atomic E-state index is 5.76. The van der Waals surface area contributed by atoms with Gasteiger partial charge in [-0.3, -0.25) is 0 Å². The van der Waals surface area contributed by atoms with E-state index in [-0.39, 0.29) is 0 Å².